The molecule has 4 nitrogen and oxygen atoms in total. The van der Waals surface area contributed by atoms with Crippen molar-refractivity contribution in [3.05, 3.63) is 70.7 Å². The van der Waals surface area contributed by atoms with Gasteiger partial charge in [0.25, 0.3) is 0 Å². The van der Waals surface area contributed by atoms with Crippen LogP contribution in [-0.2, 0) is 16.0 Å². The third kappa shape index (κ3) is 5.05. The molecule has 3 rings (SSSR count). The number of nitrogens with zero attached hydrogens (tertiary/aromatic N) is 1. The first-order chi connectivity index (χ1) is 12.2. The van der Waals surface area contributed by atoms with Crippen LogP contribution >= 0.6 is 11.6 Å². The van der Waals surface area contributed by atoms with Crippen LogP contribution in [-0.4, -0.2) is 43.7 Å². The van der Waals surface area contributed by atoms with Crippen molar-refractivity contribution in [2.24, 2.45) is 0 Å². The van der Waals surface area contributed by atoms with Gasteiger partial charge in [0.05, 0.1) is 25.7 Å². The largest absolute Gasteiger partial charge is 0.379 e. The van der Waals surface area contributed by atoms with Crippen LogP contribution in [0.25, 0.3) is 0 Å². The zero-order valence-corrected chi connectivity index (χ0v) is 14.9. The highest BCUT2D eigenvalue weighted by Gasteiger charge is 2.24. The van der Waals surface area contributed by atoms with Gasteiger partial charge in [-0.25, -0.2) is 0 Å². The number of rotatable bonds is 6. The highest BCUT2D eigenvalue weighted by molar-refractivity contribution is 6.31. The zero-order chi connectivity index (χ0) is 17.5. The molecule has 1 aliphatic heterocycles. The summed E-state index contributed by atoms with van der Waals surface area (Å²) in [5.74, 6) is 0.0245. The molecule has 1 N–H and O–H groups in total. The molecule has 0 aliphatic carbocycles. The third-order valence-electron chi connectivity index (χ3n) is 4.45. The number of benzene rings is 2. The molecule has 1 heterocycles. The summed E-state index contributed by atoms with van der Waals surface area (Å²) < 4.78 is 5.46. The Labute approximate surface area is 153 Å². The molecule has 1 atom stereocenters. The van der Waals surface area contributed by atoms with E-state index < -0.39 is 0 Å². The van der Waals surface area contributed by atoms with Crippen molar-refractivity contribution in [1.29, 1.82) is 0 Å². The second-order valence-corrected chi connectivity index (χ2v) is 6.56. The van der Waals surface area contributed by atoms with Crippen molar-refractivity contribution in [2.45, 2.75) is 12.5 Å². The van der Waals surface area contributed by atoms with E-state index in [9.17, 15) is 4.79 Å². The maximum Gasteiger partial charge on any atom is 0.224 e. The molecule has 0 saturated carbocycles. The predicted octanol–water partition coefficient (Wildman–Crippen LogP) is 3.07. The van der Waals surface area contributed by atoms with Crippen molar-refractivity contribution >= 4 is 17.5 Å². The monoisotopic (exact) mass is 358 g/mol. The highest BCUT2D eigenvalue weighted by atomic mass is 35.5. The molecule has 5 heteroatoms. The number of carbonyl (C=O) groups excluding carboxylic acids is 1. The van der Waals surface area contributed by atoms with Gasteiger partial charge in [0.1, 0.15) is 0 Å². The summed E-state index contributed by atoms with van der Waals surface area (Å²) in [7, 11) is 0. The number of halogens is 1. The SMILES string of the molecule is O=C(Cc1ccccc1)NCC(c1ccccc1Cl)N1CCOCC1. The van der Waals surface area contributed by atoms with E-state index in [1.54, 1.807) is 0 Å². The molecular formula is C20H23ClN2O2. The van der Waals surface area contributed by atoms with Gasteiger partial charge in [-0.2, -0.15) is 0 Å². The fourth-order valence-electron chi connectivity index (χ4n) is 3.12. The molecule has 25 heavy (non-hydrogen) atoms. The molecule has 0 bridgehead atoms. The van der Waals surface area contributed by atoms with Crippen LogP contribution in [0.1, 0.15) is 17.2 Å². The van der Waals surface area contributed by atoms with Gasteiger partial charge in [-0.15, -0.1) is 0 Å². The van der Waals surface area contributed by atoms with E-state index >= 15 is 0 Å². The Bertz CT molecular complexity index is 687. The number of amides is 1. The minimum atomic E-state index is 0.0245. The van der Waals surface area contributed by atoms with Crippen LogP contribution in [0.3, 0.4) is 0 Å². The van der Waals surface area contributed by atoms with Crippen molar-refractivity contribution in [3.8, 4) is 0 Å². The third-order valence-corrected chi connectivity index (χ3v) is 4.79. The lowest BCUT2D eigenvalue weighted by Crippen LogP contribution is -2.44. The van der Waals surface area contributed by atoms with Gasteiger partial charge in [-0.1, -0.05) is 60.1 Å². The van der Waals surface area contributed by atoms with Gasteiger partial charge in [-0.3, -0.25) is 9.69 Å². The van der Waals surface area contributed by atoms with Gasteiger partial charge in [0.15, 0.2) is 0 Å². The summed E-state index contributed by atoms with van der Waals surface area (Å²) in [6, 6.07) is 17.7. The second-order valence-electron chi connectivity index (χ2n) is 6.15. The second kappa shape index (κ2) is 8.99. The number of nitrogens with one attached hydrogen (secondary N) is 1. The number of morpholine rings is 1. The number of carbonyl (C=O) groups is 1. The lowest BCUT2D eigenvalue weighted by molar-refractivity contribution is -0.120. The first-order valence-corrected chi connectivity index (χ1v) is 8.98. The van der Waals surface area contributed by atoms with E-state index in [1.165, 1.54) is 0 Å². The molecule has 2 aromatic carbocycles. The zero-order valence-electron chi connectivity index (χ0n) is 14.2. The quantitative estimate of drug-likeness (QED) is 0.862. The average molecular weight is 359 g/mol. The van der Waals surface area contributed by atoms with Crippen molar-refractivity contribution in [2.75, 3.05) is 32.8 Å². The van der Waals surface area contributed by atoms with Gasteiger partial charge in [-0.05, 0) is 17.2 Å². The van der Waals surface area contributed by atoms with Crippen LogP contribution in [0, 0.1) is 0 Å². The minimum absolute atomic E-state index is 0.0245. The van der Waals surface area contributed by atoms with Crippen LogP contribution in [0.5, 0.6) is 0 Å². The van der Waals surface area contributed by atoms with Gasteiger partial charge in [0.2, 0.25) is 5.91 Å². The van der Waals surface area contributed by atoms with E-state index in [0.717, 1.165) is 29.2 Å². The molecule has 1 amide bonds. The summed E-state index contributed by atoms with van der Waals surface area (Å²) in [5, 5.41) is 3.81. The lowest BCUT2D eigenvalue weighted by atomic mass is 10.0. The molecule has 1 unspecified atom stereocenters. The molecule has 2 aromatic rings. The van der Waals surface area contributed by atoms with Crippen LogP contribution in [0.2, 0.25) is 5.02 Å². The Kier molecular flexibility index (Phi) is 6.45. The topological polar surface area (TPSA) is 41.6 Å². The van der Waals surface area contributed by atoms with Gasteiger partial charge >= 0.3 is 0 Å². The molecule has 0 aromatic heterocycles. The summed E-state index contributed by atoms with van der Waals surface area (Å²) in [6.45, 7) is 3.63. The molecule has 1 aliphatic rings. The molecular weight excluding hydrogens is 336 g/mol. The number of hydrogen-bond donors (Lipinski definition) is 1. The van der Waals surface area contributed by atoms with Crippen molar-refractivity contribution in [3.63, 3.8) is 0 Å². The Balaban J connectivity index is 1.67. The lowest BCUT2D eigenvalue weighted by Gasteiger charge is -2.35. The van der Waals surface area contributed by atoms with Crippen LogP contribution in [0.4, 0.5) is 0 Å². The molecule has 0 radical (unpaired) electrons. The number of ether oxygens (including phenoxy) is 1. The normalized spacial score (nSPS) is 16.4. The van der Waals surface area contributed by atoms with Gasteiger partial charge < -0.3 is 10.1 Å². The Morgan fingerprint density at radius 1 is 1.08 bits per heavy atom. The maximum absolute atomic E-state index is 12.3. The fraction of sp³-hybridized carbons (Fsp3) is 0.350. The smallest absolute Gasteiger partial charge is 0.224 e. The standard InChI is InChI=1S/C20H23ClN2O2/c21-18-9-5-4-8-17(18)19(23-10-12-25-13-11-23)15-22-20(24)14-16-6-2-1-3-7-16/h1-9,19H,10-15H2,(H,22,24). The van der Waals surface area contributed by atoms with E-state index in [-0.39, 0.29) is 11.9 Å². The van der Waals surface area contributed by atoms with Crippen LogP contribution in [0.15, 0.2) is 54.6 Å². The highest BCUT2D eigenvalue weighted by Crippen LogP contribution is 2.27. The average Bonchev–Trinajstić information content (AvgIpc) is 2.65. The first kappa shape index (κ1) is 17.9. The summed E-state index contributed by atoms with van der Waals surface area (Å²) in [6.07, 6.45) is 0.388. The predicted molar refractivity (Wildman–Crippen MR) is 99.7 cm³/mol. The van der Waals surface area contributed by atoms with E-state index in [1.807, 2.05) is 54.6 Å². The molecule has 132 valence electrons. The fourth-order valence-corrected chi connectivity index (χ4v) is 3.39. The Hall–Kier alpha value is -1.88. The summed E-state index contributed by atoms with van der Waals surface area (Å²) >= 11 is 6.41. The van der Waals surface area contributed by atoms with Crippen LogP contribution < -0.4 is 5.32 Å². The van der Waals surface area contributed by atoms with E-state index in [2.05, 4.69) is 10.2 Å². The minimum Gasteiger partial charge on any atom is -0.379 e. The van der Waals surface area contributed by atoms with Crippen molar-refractivity contribution < 1.29 is 9.53 Å². The molecule has 1 saturated heterocycles. The summed E-state index contributed by atoms with van der Waals surface area (Å²) in [5.41, 5.74) is 2.06. The number of hydrogen-bond acceptors (Lipinski definition) is 3. The first-order valence-electron chi connectivity index (χ1n) is 8.61. The Morgan fingerprint density at radius 3 is 2.48 bits per heavy atom. The molecule has 0 spiro atoms. The maximum atomic E-state index is 12.3. The van der Waals surface area contributed by atoms with Crippen molar-refractivity contribution in [1.82, 2.24) is 10.2 Å². The molecule has 1 fully saturated rings. The van der Waals surface area contributed by atoms with E-state index in [4.69, 9.17) is 16.3 Å². The Morgan fingerprint density at radius 2 is 1.76 bits per heavy atom. The van der Waals surface area contributed by atoms with Gasteiger partial charge in [0, 0.05) is 24.7 Å². The van der Waals surface area contributed by atoms with E-state index in [0.29, 0.717) is 26.2 Å². The summed E-state index contributed by atoms with van der Waals surface area (Å²) in [4.78, 5) is 14.7.